The fraction of sp³-hybridized carbons (Fsp3) is 0.400. The van der Waals surface area contributed by atoms with Crippen molar-refractivity contribution in [2.75, 3.05) is 0 Å². The van der Waals surface area contributed by atoms with E-state index in [1.54, 1.807) is 0 Å². The van der Waals surface area contributed by atoms with Crippen molar-refractivity contribution in [1.29, 1.82) is 0 Å². The molecular formula is C5H6O4. The quantitative estimate of drug-likeness (QED) is 0.277. The standard InChI is InChI=1S/C5H6O4/c1-3(6)5(8)9-4(2)7/h1-2H3. The van der Waals surface area contributed by atoms with Gasteiger partial charge in [0, 0.05) is 13.8 Å². The summed E-state index contributed by atoms with van der Waals surface area (Å²) in [6, 6.07) is 0. The first kappa shape index (κ1) is 7.81. The second-order valence-electron chi connectivity index (χ2n) is 1.44. The summed E-state index contributed by atoms with van der Waals surface area (Å²) in [7, 11) is 0. The summed E-state index contributed by atoms with van der Waals surface area (Å²) in [5.74, 6) is -2.65. The molecule has 0 aliphatic rings. The minimum absolute atomic E-state index is 0.768. The van der Waals surface area contributed by atoms with Crippen LogP contribution in [0.5, 0.6) is 0 Å². The number of carbonyl (C=O) groups excluding carboxylic acids is 3. The minimum atomic E-state index is -1.11. The van der Waals surface area contributed by atoms with Gasteiger partial charge in [-0.15, -0.1) is 0 Å². The third-order valence-corrected chi connectivity index (χ3v) is 0.524. The molecule has 0 amide bonds. The van der Waals surface area contributed by atoms with Gasteiger partial charge in [0.15, 0.2) is 0 Å². The second-order valence-corrected chi connectivity index (χ2v) is 1.44. The number of Topliss-reactive ketones (excluding diaryl/α,β-unsaturated/α-hetero) is 1. The maximum atomic E-state index is 10.2. The van der Waals surface area contributed by atoms with Crippen LogP contribution in [0, 0.1) is 0 Å². The highest BCUT2D eigenvalue weighted by atomic mass is 16.6. The third-order valence-electron chi connectivity index (χ3n) is 0.524. The van der Waals surface area contributed by atoms with Gasteiger partial charge in [-0.05, 0) is 0 Å². The van der Waals surface area contributed by atoms with E-state index in [2.05, 4.69) is 4.74 Å². The lowest BCUT2D eigenvalue weighted by Gasteiger charge is -1.91. The van der Waals surface area contributed by atoms with Crippen molar-refractivity contribution in [1.82, 2.24) is 0 Å². The molecule has 0 bridgehead atoms. The summed E-state index contributed by atoms with van der Waals surface area (Å²) >= 11 is 0. The van der Waals surface area contributed by atoms with Gasteiger partial charge in [0.25, 0.3) is 0 Å². The Bertz CT molecular complexity index is 158. The van der Waals surface area contributed by atoms with E-state index in [0.29, 0.717) is 0 Å². The highest BCUT2D eigenvalue weighted by Gasteiger charge is 2.10. The Hall–Kier alpha value is -1.19. The van der Waals surface area contributed by atoms with Gasteiger partial charge in [-0.1, -0.05) is 0 Å². The van der Waals surface area contributed by atoms with Gasteiger partial charge in [-0.3, -0.25) is 9.59 Å². The van der Waals surface area contributed by atoms with Crippen LogP contribution in [0.3, 0.4) is 0 Å². The number of hydrogen-bond acceptors (Lipinski definition) is 4. The number of hydrogen-bond donors (Lipinski definition) is 0. The van der Waals surface area contributed by atoms with Crippen LogP contribution in [0.4, 0.5) is 0 Å². The Morgan fingerprint density at radius 3 is 1.67 bits per heavy atom. The van der Waals surface area contributed by atoms with Gasteiger partial charge >= 0.3 is 11.9 Å². The Morgan fingerprint density at radius 1 is 1.11 bits per heavy atom. The van der Waals surface area contributed by atoms with Crippen LogP contribution in [0.2, 0.25) is 0 Å². The predicted molar refractivity (Wildman–Crippen MR) is 27.5 cm³/mol. The van der Waals surface area contributed by atoms with Crippen LogP contribution in [0.1, 0.15) is 13.8 Å². The Labute approximate surface area is 51.8 Å². The van der Waals surface area contributed by atoms with Gasteiger partial charge in [0.1, 0.15) is 0 Å². The van der Waals surface area contributed by atoms with Crippen molar-refractivity contribution in [2.45, 2.75) is 13.8 Å². The summed E-state index contributed by atoms with van der Waals surface area (Å²) in [5.41, 5.74) is 0. The molecule has 0 heterocycles. The molecule has 0 rings (SSSR count). The first-order valence-electron chi connectivity index (χ1n) is 2.27. The largest absolute Gasteiger partial charge is 0.387 e. The molecule has 50 valence electrons. The Balaban J connectivity index is 3.79. The first-order valence-corrected chi connectivity index (χ1v) is 2.27. The average Bonchev–Trinajstić information content (AvgIpc) is 1.63. The first-order chi connectivity index (χ1) is 4.04. The molecule has 9 heavy (non-hydrogen) atoms. The number of ketones is 1. The highest BCUT2D eigenvalue weighted by molar-refractivity contribution is 6.34. The molecule has 0 atom stereocenters. The molecule has 0 aliphatic carbocycles. The fourth-order valence-electron chi connectivity index (χ4n) is 0.202. The molecule has 4 heteroatoms. The van der Waals surface area contributed by atoms with Crippen molar-refractivity contribution in [3.05, 3.63) is 0 Å². The summed E-state index contributed by atoms with van der Waals surface area (Å²) in [5, 5.41) is 0. The summed E-state index contributed by atoms with van der Waals surface area (Å²) in [6.45, 7) is 2.09. The summed E-state index contributed by atoms with van der Waals surface area (Å²) in [4.78, 5) is 30.2. The second kappa shape index (κ2) is 2.96. The number of carbonyl (C=O) groups is 3. The van der Waals surface area contributed by atoms with Crippen molar-refractivity contribution >= 4 is 17.7 Å². The predicted octanol–water partition coefficient (Wildman–Crippen LogP) is -0.335. The van der Waals surface area contributed by atoms with E-state index >= 15 is 0 Å². The maximum Gasteiger partial charge on any atom is 0.381 e. The summed E-state index contributed by atoms with van der Waals surface area (Å²) in [6.07, 6.45) is 0. The van der Waals surface area contributed by atoms with Gasteiger partial charge in [-0.25, -0.2) is 4.79 Å². The van der Waals surface area contributed by atoms with Crippen molar-refractivity contribution in [2.24, 2.45) is 0 Å². The zero-order valence-electron chi connectivity index (χ0n) is 5.13. The molecule has 0 aromatic rings. The van der Waals surface area contributed by atoms with Crippen molar-refractivity contribution in [3.63, 3.8) is 0 Å². The zero-order valence-corrected chi connectivity index (χ0v) is 5.13. The molecule has 0 fully saturated rings. The van der Waals surface area contributed by atoms with E-state index < -0.39 is 17.7 Å². The Morgan fingerprint density at radius 2 is 1.56 bits per heavy atom. The molecule has 0 aliphatic heterocycles. The van der Waals surface area contributed by atoms with E-state index in [1.807, 2.05) is 0 Å². The number of ether oxygens (including phenoxy) is 1. The van der Waals surface area contributed by atoms with Gasteiger partial charge in [-0.2, -0.15) is 0 Å². The minimum Gasteiger partial charge on any atom is -0.387 e. The van der Waals surface area contributed by atoms with E-state index in [1.165, 1.54) is 0 Å². The van der Waals surface area contributed by atoms with E-state index in [4.69, 9.17) is 0 Å². The van der Waals surface area contributed by atoms with Crippen LogP contribution >= 0.6 is 0 Å². The van der Waals surface area contributed by atoms with Crippen LogP contribution in [-0.2, 0) is 19.1 Å². The van der Waals surface area contributed by atoms with E-state index in [-0.39, 0.29) is 0 Å². The van der Waals surface area contributed by atoms with E-state index in [9.17, 15) is 14.4 Å². The fourth-order valence-corrected chi connectivity index (χ4v) is 0.202. The number of rotatable bonds is 1. The van der Waals surface area contributed by atoms with Gasteiger partial charge < -0.3 is 4.74 Å². The van der Waals surface area contributed by atoms with Gasteiger partial charge in [0.05, 0.1) is 0 Å². The molecule has 0 radical (unpaired) electrons. The molecule has 4 nitrogen and oxygen atoms in total. The van der Waals surface area contributed by atoms with Gasteiger partial charge in [0.2, 0.25) is 5.78 Å². The molecule has 0 aromatic carbocycles. The lowest BCUT2D eigenvalue weighted by atomic mass is 10.5. The molecule has 0 saturated heterocycles. The molecule has 0 unspecified atom stereocenters. The molecule has 0 spiro atoms. The topological polar surface area (TPSA) is 60.4 Å². The SMILES string of the molecule is CC(=O)OC(=O)C(C)=O. The lowest BCUT2D eigenvalue weighted by molar-refractivity contribution is -0.162. The normalized spacial score (nSPS) is 8.22. The molecule has 0 N–H and O–H groups in total. The average molecular weight is 130 g/mol. The Kier molecular flexibility index (Phi) is 2.57. The van der Waals surface area contributed by atoms with Crippen LogP contribution in [-0.4, -0.2) is 17.7 Å². The van der Waals surface area contributed by atoms with Crippen LogP contribution < -0.4 is 0 Å². The molecule has 0 saturated carbocycles. The monoisotopic (exact) mass is 130 g/mol. The lowest BCUT2D eigenvalue weighted by Crippen LogP contribution is -2.16. The molecular weight excluding hydrogens is 124 g/mol. The van der Waals surface area contributed by atoms with Crippen molar-refractivity contribution < 1.29 is 19.1 Å². The van der Waals surface area contributed by atoms with Crippen molar-refractivity contribution in [3.8, 4) is 0 Å². The third kappa shape index (κ3) is 3.40. The van der Waals surface area contributed by atoms with E-state index in [0.717, 1.165) is 13.8 Å². The van der Waals surface area contributed by atoms with Crippen LogP contribution in [0.15, 0.2) is 0 Å². The smallest absolute Gasteiger partial charge is 0.381 e. The number of esters is 2. The maximum absolute atomic E-state index is 10.2. The molecule has 0 aromatic heterocycles. The highest BCUT2D eigenvalue weighted by Crippen LogP contribution is 1.79. The summed E-state index contributed by atoms with van der Waals surface area (Å²) < 4.78 is 3.88. The van der Waals surface area contributed by atoms with Crippen LogP contribution in [0.25, 0.3) is 0 Å². The zero-order chi connectivity index (χ0) is 7.44.